The van der Waals surface area contributed by atoms with Crippen molar-refractivity contribution in [1.82, 2.24) is 4.98 Å². The van der Waals surface area contributed by atoms with E-state index in [1.807, 2.05) is 0 Å². The van der Waals surface area contributed by atoms with E-state index in [0.29, 0.717) is 19.3 Å². The maximum Gasteiger partial charge on any atom is 0.312 e. The van der Waals surface area contributed by atoms with Gasteiger partial charge in [-0.25, -0.2) is 0 Å². The summed E-state index contributed by atoms with van der Waals surface area (Å²) in [4.78, 5) is 14.1. The molecule has 0 aromatic carbocycles. The fourth-order valence-electron chi connectivity index (χ4n) is 2.38. The van der Waals surface area contributed by atoms with Crippen LogP contribution in [-0.2, 0) is 9.53 Å². The van der Waals surface area contributed by atoms with Gasteiger partial charge in [-0.1, -0.05) is 6.42 Å². The van der Waals surface area contributed by atoms with Gasteiger partial charge in [-0.3, -0.25) is 4.79 Å². The number of methoxy groups -OCH3 is 1. The fourth-order valence-corrected chi connectivity index (χ4v) is 2.38. The summed E-state index contributed by atoms with van der Waals surface area (Å²) in [6, 6.07) is 0. The number of halogens is 4. The van der Waals surface area contributed by atoms with Gasteiger partial charge in [-0.2, -0.15) is 22.5 Å². The number of hydrogen-bond donors (Lipinski definition) is 0. The van der Waals surface area contributed by atoms with Crippen LogP contribution in [-0.4, -0.2) is 24.2 Å². The second kappa shape index (κ2) is 6.28. The van der Waals surface area contributed by atoms with E-state index in [4.69, 9.17) is 4.74 Å². The lowest BCUT2D eigenvalue weighted by Gasteiger charge is -2.30. The molecule has 1 heterocycles. The third-order valence-corrected chi connectivity index (χ3v) is 3.43. The number of esters is 1. The maximum absolute atomic E-state index is 13.5. The van der Waals surface area contributed by atoms with Crippen LogP contribution in [0.2, 0.25) is 0 Å². The molecule has 1 aliphatic carbocycles. The standard InChI is InChI=1S/C13H13F4NO3/c1-20-13(19)6-4-2-3-5-7(6)21-10-8(14)11(16)18-12(17)9(10)15/h6-7H,2-5H2,1H3. The highest BCUT2D eigenvalue weighted by atomic mass is 19.2. The highest BCUT2D eigenvalue weighted by molar-refractivity contribution is 5.73. The van der Waals surface area contributed by atoms with Crippen LogP contribution in [0.15, 0.2) is 0 Å². The van der Waals surface area contributed by atoms with Gasteiger partial charge < -0.3 is 9.47 Å². The third-order valence-electron chi connectivity index (χ3n) is 3.43. The van der Waals surface area contributed by atoms with Crippen LogP contribution < -0.4 is 4.74 Å². The summed E-state index contributed by atoms with van der Waals surface area (Å²) in [7, 11) is 1.18. The summed E-state index contributed by atoms with van der Waals surface area (Å²) in [5.74, 6) is -9.55. The molecule has 0 bridgehead atoms. The molecule has 116 valence electrons. The monoisotopic (exact) mass is 307 g/mol. The molecule has 2 unspecified atom stereocenters. The van der Waals surface area contributed by atoms with E-state index in [0.717, 1.165) is 6.42 Å². The molecule has 21 heavy (non-hydrogen) atoms. The number of hydrogen-bond acceptors (Lipinski definition) is 4. The number of nitrogens with zero attached hydrogens (tertiary/aromatic N) is 1. The van der Waals surface area contributed by atoms with Crippen LogP contribution in [0, 0.1) is 29.4 Å². The number of carbonyl (C=O) groups excluding carboxylic acids is 1. The van der Waals surface area contributed by atoms with E-state index in [-0.39, 0.29) is 0 Å². The van der Waals surface area contributed by atoms with Gasteiger partial charge in [0, 0.05) is 0 Å². The van der Waals surface area contributed by atoms with Gasteiger partial charge in [0.1, 0.15) is 6.10 Å². The van der Waals surface area contributed by atoms with E-state index in [9.17, 15) is 22.4 Å². The smallest absolute Gasteiger partial charge is 0.312 e. The molecule has 8 heteroatoms. The first-order valence-electron chi connectivity index (χ1n) is 6.40. The van der Waals surface area contributed by atoms with Crippen LogP contribution in [0.3, 0.4) is 0 Å². The van der Waals surface area contributed by atoms with Crippen LogP contribution in [0.25, 0.3) is 0 Å². The average Bonchev–Trinajstić information content (AvgIpc) is 2.49. The van der Waals surface area contributed by atoms with Crippen LogP contribution >= 0.6 is 0 Å². The van der Waals surface area contributed by atoms with Gasteiger partial charge in [0.2, 0.25) is 17.4 Å². The molecule has 0 radical (unpaired) electrons. The zero-order valence-electron chi connectivity index (χ0n) is 11.2. The molecule has 0 amide bonds. The number of ether oxygens (including phenoxy) is 2. The van der Waals surface area contributed by atoms with Crippen molar-refractivity contribution >= 4 is 5.97 Å². The average molecular weight is 307 g/mol. The van der Waals surface area contributed by atoms with Crippen molar-refractivity contribution in [3.63, 3.8) is 0 Å². The predicted octanol–water partition coefficient (Wildman–Crippen LogP) is 2.75. The Morgan fingerprint density at radius 3 is 2.24 bits per heavy atom. The quantitative estimate of drug-likeness (QED) is 0.489. The summed E-state index contributed by atoms with van der Waals surface area (Å²) in [5.41, 5.74) is 0. The lowest BCUT2D eigenvalue weighted by molar-refractivity contribution is -0.150. The number of carbonyl (C=O) groups is 1. The first-order chi connectivity index (χ1) is 9.95. The van der Waals surface area contributed by atoms with E-state index in [1.54, 1.807) is 0 Å². The zero-order valence-corrected chi connectivity index (χ0v) is 11.2. The van der Waals surface area contributed by atoms with Crippen molar-refractivity contribution in [3.05, 3.63) is 23.5 Å². The minimum atomic E-state index is -1.80. The molecular weight excluding hydrogens is 294 g/mol. The van der Waals surface area contributed by atoms with Gasteiger partial charge in [-0.05, 0) is 19.3 Å². The van der Waals surface area contributed by atoms with Crippen molar-refractivity contribution in [1.29, 1.82) is 0 Å². The Balaban J connectivity index is 2.29. The molecule has 1 fully saturated rings. The zero-order chi connectivity index (χ0) is 15.6. The number of pyridine rings is 1. The van der Waals surface area contributed by atoms with Gasteiger partial charge >= 0.3 is 5.97 Å². The van der Waals surface area contributed by atoms with Crippen molar-refractivity contribution in [3.8, 4) is 5.75 Å². The summed E-state index contributed by atoms with van der Waals surface area (Å²) >= 11 is 0. The molecular formula is C13H13F4NO3. The maximum atomic E-state index is 13.5. The molecule has 2 rings (SSSR count). The second-order valence-corrected chi connectivity index (χ2v) is 4.72. The third kappa shape index (κ3) is 3.08. The summed E-state index contributed by atoms with van der Waals surface area (Å²) in [6.45, 7) is 0. The minimum Gasteiger partial charge on any atom is -0.483 e. The Labute approximate surface area is 118 Å². The summed E-state index contributed by atoms with van der Waals surface area (Å²) < 4.78 is 62.7. The number of aromatic nitrogens is 1. The summed E-state index contributed by atoms with van der Waals surface area (Å²) in [6.07, 6.45) is 1.22. The van der Waals surface area contributed by atoms with E-state index < -0.39 is 47.3 Å². The highest BCUT2D eigenvalue weighted by Gasteiger charge is 2.35. The van der Waals surface area contributed by atoms with Crippen LogP contribution in [0.1, 0.15) is 25.7 Å². The van der Waals surface area contributed by atoms with Crippen molar-refractivity contribution in [2.75, 3.05) is 7.11 Å². The van der Waals surface area contributed by atoms with Crippen molar-refractivity contribution < 1.29 is 31.8 Å². The van der Waals surface area contributed by atoms with Crippen molar-refractivity contribution in [2.45, 2.75) is 31.8 Å². The lowest BCUT2D eigenvalue weighted by atomic mass is 9.86. The Hall–Kier alpha value is -1.86. The Morgan fingerprint density at radius 2 is 1.67 bits per heavy atom. The van der Waals surface area contributed by atoms with Crippen LogP contribution in [0.5, 0.6) is 5.75 Å². The minimum absolute atomic E-state index is 0.324. The van der Waals surface area contributed by atoms with Crippen molar-refractivity contribution in [2.24, 2.45) is 5.92 Å². The first kappa shape index (κ1) is 15.5. The molecule has 0 saturated heterocycles. The highest BCUT2D eigenvalue weighted by Crippen LogP contribution is 2.32. The molecule has 1 saturated carbocycles. The lowest BCUT2D eigenvalue weighted by Crippen LogP contribution is -2.37. The number of rotatable bonds is 3. The normalized spacial score (nSPS) is 22.0. The van der Waals surface area contributed by atoms with Crippen LogP contribution in [0.4, 0.5) is 17.6 Å². The molecule has 0 spiro atoms. The summed E-state index contributed by atoms with van der Waals surface area (Å²) in [5, 5.41) is 0. The molecule has 4 nitrogen and oxygen atoms in total. The fraction of sp³-hybridized carbons (Fsp3) is 0.538. The topological polar surface area (TPSA) is 48.4 Å². The van der Waals surface area contributed by atoms with E-state index in [2.05, 4.69) is 9.72 Å². The molecule has 0 N–H and O–H groups in total. The van der Waals surface area contributed by atoms with Gasteiger partial charge in [-0.15, -0.1) is 0 Å². The van der Waals surface area contributed by atoms with E-state index in [1.165, 1.54) is 7.11 Å². The first-order valence-corrected chi connectivity index (χ1v) is 6.40. The second-order valence-electron chi connectivity index (χ2n) is 4.72. The Bertz CT molecular complexity index is 526. The molecule has 2 atom stereocenters. The molecule has 1 aromatic heterocycles. The SMILES string of the molecule is COC(=O)C1CCCCC1Oc1c(F)c(F)nc(F)c1F. The van der Waals surface area contributed by atoms with Gasteiger partial charge in [0.15, 0.2) is 0 Å². The Kier molecular flexibility index (Phi) is 4.64. The molecule has 1 aliphatic rings. The van der Waals surface area contributed by atoms with E-state index >= 15 is 0 Å². The largest absolute Gasteiger partial charge is 0.483 e. The molecule has 1 aromatic rings. The Morgan fingerprint density at radius 1 is 1.10 bits per heavy atom. The predicted molar refractivity (Wildman–Crippen MR) is 62.5 cm³/mol. The van der Waals surface area contributed by atoms with Gasteiger partial charge in [0.25, 0.3) is 11.9 Å². The van der Waals surface area contributed by atoms with Gasteiger partial charge in [0.05, 0.1) is 13.0 Å². The molecule has 0 aliphatic heterocycles.